The van der Waals surface area contributed by atoms with Crippen molar-refractivity contribution in [2.24, 2.45) is 0 Å². The molecule has 1 N–H and O–H groups in total. The molecule has 0 bridgehead atoms. The van der Waals surface area contributed by atoms with Crippen LogP contribution in [-0.2, 0) is 0 Å². The Morgan fingerprint density at radius 1 is 1.05 bits per heavy atom. The van der Waals surface area contributed by atoms with Gasteiger partial charge < -0.3 is 10.1 Å². The van der Waals surface area contributed by atoms with Crippen molar-refractivity contribution in [2.75, 3.05) is 5.32 Å². The minimum atomic E-state index is 0.193. The van der Waals surface area contributed by atoms with Crippen molar-refractivity contribution in [3.63, 3.8) is 0 Å². The molecular weight excluding hydrogens is 268 g/mol. The first-order valence-corrected chi connectivity index (χ1v) is 7.42. The molecule has 2 aromatic carbocycles. The van der Waals surface area contributed by atoms with E-state index in [4.69, 9.17) is 4.74 Å². The van der Waals surface area contributed by atoms with E-state index in [1.807, 2.05) is 56.3 Å². The van der Waals surface area contributed by atoms with Gasteiger partial charge in [-0.05, 0) is 50.2 Å². The Hall–Kier alpha value is -2.07. The van der Waals surface area contributed by atoms with E-state index >= 15 is 0 Å². The summed E-state index contributed by atoms with van der Waals surface area (Å²) in [5, 5.41) is 4.23. The molecule has 4 heteroatoms. The Morgan fingerprint density at radius 3 is 2.50 bits per heavy atom. The number of anilines is 2. The first kappa shape index (κ1) is 12.9. The number of hydrogen-bond donors (Lipinski definition) is 1. The molecule has 1 heterocycles. The molecule has 3 nitrogen and oxygen atoms in total. The molecule has 3 rings (SSSR count). The second-order valence-electron chi connectivity index (χ2n) is 4.80. The molecular formula is C16H16N2OS. The minimum absolute atomic E-state index is 0.193. The van der Waals surface area contributed by atoms with Crippen LogP contribution in [0.1, 0.15) is 13.8 Å². The molecule has 0 aliphatic carbocycles. The minimum Gasteiger partial charge on any atom is -0.491 e. The van der Waals surface area contributed by atoms with Crippen molar-refractivity contribution in [1.29, 1.82) is 0 Å². The highest BCUT2D eigenvalue weighted by atomic mass is 32.1. The SMILES string of the molecule is CC(C)Oc1ccc(Nc2nc3ccccc3s2)cc1. The normalized spacial score (nSPS) is 10.9. The lowest BCUT2D eigenvalue weighted by atomic mass is 10.3. The monoisotopic (exact) mass is 284 g/mol. The molecule has 1 aromatic heterocycles. The fraction of sp³-hybridized carbons (Fsp3) is 0.188. The number of aromatic nitrogens is 1. The Bertz CT molecular complexity index is 671. The van der Waals surface area contributed by atoms with Crippen LogP contribution in [0.25, 0.3) is 10.2 Å². The smallest absolute Gasteiger partial charge is 0.188 e. The number of benzene rings is 2. The van der Waals surface area contributed by atoms with Crippen molar-refractivity contribution < 1.29 is 4.74 Å². The Morgan fingerprint density at radius 2 is 1.80 bits per heavy atom. The number of hydrogen-bond acceptors (Lipinski definition) is 4. The number of fused-ring (bicyclic) bond motifs is 1. The zero-order valence-electron chi connectivity index (χ0n) is 11.5. The van der Waals surface area contributed by atoms with Crippen molar-refractivity contribution >= 4 is 32.4 Å². The fourth-order valence-electron chi connectivity index (χ4n) is 1.94. The molecule has 0 atom stereocenters. The van der Waals surface area contributed by atoms with Crippen LogP contribution in [0.4, 0.5) is 10.8 Å². The van der Waals surface area contributed by atoms with E-state index in [1.54, 1.807) is 11.3 Å². The summed E-state index contributed by atoms with van der Waals surface area (Å²) in [6, 6.07) is 16.1. The highest BCUT2D eigenvalue weighted by Gasteiger charge is 2.03. The van der Waals surface area contributed by atoms with Gasteiger partial charge in [0.2, 0.25) is 0 Å². The molecule has 0 unspecified atom stereocenters. The van der Waals surface area contributed by atoms with E-state index in [-0.39, 0.29) is 6.10 Å². The predicted octanol–water partition coefficient (Wildman–Crippen LogP) is 4.83. The van der Waals surface area contributed by atoms with Gasteiger partial charge in [-0.2, -0.15) is 0 Å². The number of ether oxygens (including phenoxy) is 1. The van der Waals surface area contributed by atoms with Crippen LogP contribution in [0.2, 0.25) is 0 Å². The molecule has 0 radical (unpaired) electrons. The van der Waals surface area contributed by atoms with E-state index in [9.17, 15) is 0 Å². The summed E-state index contributed by atoms with van der Waals surface area (Å²) in [6.45, 7) is 4.04. The van der Waals surface area contributed by atoms with Gasteiger partial charge in [0.25, 0.3) is 0 Å². The summed E-state index contributed by atoms with van der Waals surface area (Å²) in [5.41, 5.74) is 2.04. The number of para-hydroxylation sites is 1. The van der Waals surface area contributed by atoms with Crippen molar-refractivity contribution in [3.8, 4) is 5.75 Å². The van der Waals surface area contributed by atoms with Gasteiger partial charge in [-0.15, -0.1) is 0 Å². The third kappa shape index (κ3) is 2.91. The van der Waals surface area contributed by atoms with E-state index < -0.39 is 0 Å². The Kier molecular flexibility index (Phi) is 3.56. The van der Waals surface area contributed by atoms with Gasteiger partial charge in [0.05, 0.1) is 16.3 Å². The van der Waals surface area contributed by atoms with Crippen LogP contribution in [0, 0.1) is 0 Å². The molecule has 0 amide bonds. The zero-order chi connectivity index (χ0) is 13.9. The summed E-state index contributed by atoms with van der Waals surface area (Å²) < 4.78 is 6.82. The number of thiazole rings is 1. The van der Waals surface area contributed by atoms with Crippen LogP contribution < -0.4 is 10.1 Å². The molecule has 3 aromatic rings. The summed E-state index contributed by atoms with van der Waals surface area (Å²) in [5.74, 6) is 0.884. The fourth-order valence-corrected chi connectivity index (χ4v) is 2.82. The maximum atomic E-state index is 5.63. The highest BCUT2D eigenvalue weighted by molar-refractivity contribution is 7.22. The van der Waals surface area contributed by atoms with E-state index in [0.29, 0.717) is 0 Å². The van der Waals surface area contributed by atoms with Gasteiger partial charge in [-0.1, -0.05) is 23.5 Å². The third-order valence-corrected chi connectivity index (χ3v) is 3.72. The maximum Gasteiger partial charge on any atom is 0.188 e. The zero-order valence-corrected chi connectivity index (χ0v) is 12.3. The molecule has 0 aliphatic rings. The number of rotatable bonds is 4. The van der Waals surface area contributed by atoms with Crippen molar-refractivity contribution in [3.05, 3.63) is 48.5 Å². The average molecular weight is 284 g/mol. The molecule has 0 saturated heterocycles. The van der Waals surface area contributed by atoms with Crippen LogP contribution in [0.15, 0.2) is 48.5 Å². The lowest BCUT2D eigenvalue weighted by molar-refractivity contribution is 0.242. The number of nitrogens with one attached hydrogen (secondary N) is 1. The second kappa shape index (κ2) is 5.51. The molecule has 0 aliphatic heterocycles. The van der Waals surface area contributed by atoms with Crippen molar-refractivity contribution in [1.82, 2.24) is 4.98 Å². The Balaban J connectivity index is 1.76. The van der Waals surface area contributed by atoms with Crippen LogP contribution >= 0.6 is 11.3 Å². The first-order valence-electron chi connectivity index (χ1n) is 6.60. The molecule has 20 heavy (non-hydrogen) atoms. The topological polar surface area (TPSA) is 34.1 Å². The largest absolute Gasteiger partial charge is 0.491 e. The van der Waals surface area contributed by atoms with E-state index in [2.05, 4.69) is 16.4 Å². The van der Waals surface area contributed by atoms with Gasteiger partial charge in [0.1, 0.15) is 5.75 Å². The molecule has 0 fully saturated rings. The van der Waals surface area contributed by atoms with Gasteiger partial charge in [-0.3, -0.25) is 0 Å². The summed E-state index contributed by atoms with van der Waals surface area (Å²) in [7, 11) is 0. The van der Waals surface area contributed by atoms with E-state index in [1.165, 1.54) is 4.70 Å². The lowest BCUT2D eigenvalue weighted by Gasteiger charge is -2.10. The second-order valence-corrected chi connectivity index (χ2v) is 5.83. The molecule has 0 spiro atoms. The van der Waals surface area contributed by atoms with Crippen LogP contribution in [0.5, 0.6) is 5.75 Å². The van der Waals surface area contributed by atoms with Crippen LogP contribution in [0.3, 0.4) is 0 Å². The van der Waals surface area contributed by atoms with Gasteiger partial charge >= 0.3 is 0 Å². The molecule has 102 valence electrons. The highest BCUT2D eigenvalue weighted by Crippen LogP contribution is 2.28. The Labute approximate surface area is 122 Å². The van der Waals surface area contributed by atoms with Gasteiger partial charge in [0.15, 0.2) is 5.13 Å². The predicted molar refractivity (Wildman–Crippen MR) is 85.1 cm³/mol. The first-order chi connectivity index (χ1) is 9.70. The summed E-state index contributed by atoms with van der Waals surface area (Å²) in [6.07, 6.45) is 0.193. The quantitative estimate of drug-likeness (QED) is 0.745. The van der Waals surface area contributed by atoms with Gasteiger partial charge in [0, 0.05) is 5.69 Å². The standard InChI is InChI=1S/C16H16N2OS/c1-11(2)19-13-9-7-12(8-10-13)17-16-18-14-5-3-4-6-15(14)20-16/h3-11H,1-2H3,(H,17,18). The third-order valence-electron chi connectivity index (χ3n) is 2.77. The number of nitrogens with zero attached hydrogens (tertiary/aromatic N) is 1. The van der Waals surface area contributed by atoms with Crippen LogP contribution in [-0.4, -0.2) is 11.1 Å². The van der Waals surface area contributed by atoms with Crippen molar-refractivity contribution in [2.45, 2.75) is 20.0 Å². The lowest BCUT2D eigenvalue weighted by Crippen LogP contribution is -2.05. The summed E-state index contributed by atoms with van der Waals surface area (Å²) in [4.78, 5) is 4.55. The average Bonchev–Trinajstić information content (AvgIpc) is 2.82. The summed E-state index contributed by atoms with van der Waals surface area (Å²) >= 11 is 1.65. The molecule has 0 saturated carbocycles. The van der Waals surface area contributed by atoms with E-state index in [0.717, 1.165) is 22.1 Å². The van der Waals surface area contributed by atoms with Gasteiger partial charge in [-0.25, -0.2) is 4.98 Å². The maximum absolute atomic E-state index is 5.63.